The number of halogens is 1. The minimum Gasteiger partial charge on any atom is -0.497 e. The summed E-state index contributed by atoms with van der Waals surface area (Å²) in [6, 6.07) is 27.7. The average Bonchev–Trinajstić information content (AvgIpc) is 2.88. The summed E-state index contributed by atoms with van der Waals surface area (Å²) in [6.07, 6.45) is 4.68. The highest BCUT2D eigenvalue weighted by Crippen LogP contribution is 2.43. The summed E-state index contributed by atoms with van der Waals surface area (Å²) < 4.78 is 30.8. The van der Waals surface area contributed by atoms with E-state index >= 15 is 0 Å². The van der Waals surface area contributed by atoms with Crippen LogP contribution in [0.25, 0.3) is 11.1 Å². The molecule has 4 rings (SSSR count). The molecule has 1 aliphatic carbocycles. The maximum Gasteiger partial charge on any atom is 0.274 e. The Morgan fingerprint density at radius 1 is 0.944 bits per heavy atom. The molecule has 36 heavy (non-hydrogen) atoms. The molecule has 3 aromatic rings. The van der Waals surface area contributed by atoms with Gasteiger partial charge in [-0.3, -0.25) is 0 Å². The zero-order valence-corrected chi connectivity index (χ0v) is 22.3. The Balaban J connectivity index is 0.00000361. The number of hydrogen-bond acceptors (Lipinski definition) is 4. The van der Waals surface area contributed by atoms with Crippen molar-refractivity contribution in [1.82, 2.24) is 10.0 Å². The Morgan fingerprint density at radius 3 is 2.25 bits per heavy atom. The van der Waals surface area contributed by atoms with Crippen LogP contribution in [-0.4, -0.2) is 28.1 Å². The van der Waals surface area contributed by atoms with Gasteiger partial charge in [-0.2, -0.15) is 8.42 Å². The van der Waals surface area contributed by atoms with Crippen LogP contribution in [0.3, 0.4) is 0 Å². The fraction of sp³-hybridized carbons (Fsp3) is 0.357. The molecule has 1 aliphatic rings. The molecule has 0 aliphatic heterocycles. The van der Waals surface area contributed by atoms with E-state index in [0.29, 0.717) is 19.0 Å². The number of ether oxygens (including phenoxy) is 1. The van der Waals surface area contributed by atoms with Crippen molar-refractivity contribution in [3.05, 3.63) is 90.0 Å². The Morgan fingerprint density at radius 2 is 1.61 bits per heavy atom. The van der Waals surface area contributed by atoms with E-state index in [1.54, 1.807) is 7.11 Å². The summed E-state index contributed by atoms with van der Waals surface area (Å²) >= 11 is 0. The molecule has 0 saturated heterocycles. The fourth-order valence-electron chi connectivity index (χ4n) is 5.15. The van der Waals surface area contributed by atoms with Gasteiger partial charge in [0, 0.05) is 19.1 Å². The van der Waals surface area contributed by atoms with Crippen LogP contribution < -0.4 is 19.9 Å². The maximum absolute atomic E-state index is 11.4. The van der Waals surface area contributed by atoms with Crippen molar-refractivity contribution in [2.24, 2.45) is 5.14 Å². The number of methoxy groups -OCH3 is 1. The first-order chi connectivity index (χ1) is 16.9. The molecule has 194 valence electrons. The van der Waals surface area contributed by atoms with Gasteiger partial charge in [-0.1, -0.05) is 66.7 Å². The predicted octanol–water partition coefficient (Wildman–Crippen LogP) is 4.94. The number of nitrogens with one attached hydrogen (secondary N) is 2. The summed E-state index contributed by atoms with van der Waals surface area (Å²) in [7, 11) is -2.04. The van der Waals surface area contributed by atoms with Crippen LogP contribution in [0.15, 0.2) is 78.9 Å². The first-order valence-electron chi connectivity index (χ1n) is 12.2. The third kappa shape index (κ3) is 7.54. The molecule has 6 nitrogen and oxygen atoms in total. The molecule has 0 bridgehead atoms. The SMILES string of the molecule is COc1cccc([C@]2(CCNS(N)(=O)=O)CC[C@H](NCc3ccc(-c4ccccc4)cc3)CC2)c1.Cl. The monoisotopic (exact) mass is 529 g/mol. The normalized spacial score (nSPS) is 19.9. The van der Waals surface area contributed by atoms with E-state index < -0.39 is 10.2 Å². The van der Waals surface area contributed by atoms with Crippen LogP contribution in [0.4, 0.5) is 0 Å². The van der Waals surface area contributed by atoms with Gasteiger partial charge in [0.25, 0.3) is 10.2 Å². The summed E-state index contributed by atoms with van der Waals surface area (Å²) in [4.78, 5) is 0. The molecule has 0 spiro atoms. The molecule has 0 atom stereocenters. The van der Waals surface area contributed by atoms with Gasteiger partial charge in [-0.25, -0.2) is 9.86 Å². The van der Waals surface area contributed by atoms with Gasteiger partial charge < -0.3 is 10.1 Å². The van der Waals surface area contributed by atoms with Gasteiger partial charge in [-0.05, 0) is 71.9 Å². The van der Waals surface area contributed by atoms with Crippen molar-refractivity contribution in [2.45, 2.75) is 50.1 Å². The van der Waals surface area contributed by atoms with Crippen molar-refractivity contribution < 1.29 is 13.2 Å². The van der Waals surface area contributed by atoms with Gasteiger partial charge in [0.15, 0.2) is 0 Å². The third-order valence-electron chi connectivity index (χ3n) is 7.19. The van der Waals surface area contributed by atoms with Crippen LogP contribution in [0, 0.1) is 0 Å². The minimum absolute atomic E-state index is 0. The number of hydrogen-bond donors (Lipinski definition) is 3. The topological polar surface area (TPSA) is 93.4 Å². The van der Waals surface area contributed by atoms with Crippen LogP contribution in [0.1, 0.15) is 43.2 Å². The largest absolute Gasteiger partial charge is 0.497 e. The van der Waals surface area contributed by atoms with Crippen LogP contribution in [0.5, 0.6) is 5.75 Å². The first kappa shape index (κ1) is 28.2. The molecule has 0 radical (unpaired) electrons. The van der Waals surface area contributed by atoms with Crippen molar-refractivity contribution in [2.75, 3.05) is 13.7 Å². The lowest BCUT2D eigenvalue weighted by molar-refractivity contribution is 0.232. The highest BCUT2D eigenvalue weighted by molar-refractivity contribution is 7.87. The average molecular weight is 530 g/mol. The lowest BCUT2D eigenvalue weighted by Gasteiger charge is -2.41. The maximum atomic E-state index is 11.4. The molecule has 4 N–H and O–H groups in total. The summed E-state index contributed by atoms with van der Waals surface area (Å²) in [5.74, 6) is 0.820. The van der Waals surface area contributed by atoms with Crippen molar-refractivity contribution in [3.8, 4) is 16.9 Å². The Labute approximate surface area is 221 Å². The van der Waals surface area contributed by atoms with E-state index in [2.05, 4.69) is 70.7 Å². The molecule has 0 amide bonds. The lowest BCUT2D eigenvalue weighted by Crippen LogP contribution is -2.42. The fourth-order valence-corrected chi connectivity index (χ4v) is 5.54. The zero-order chi connectivity index (χ0) is 24.7. The third-order valence-corrected chi connectivity index (χ3v) is 7.79. The Kier molecular flexibility index (Phi) is 9.93. The van der Waals surface area contributed by atoms with E-state index in [9.17, 15) is 8.42 Å². The van der Waals surface area contributed by atoms with Crippen molar-refractivity contribution >= 4 is 22.6 Å². The molecule has 0 aromatic heterocycles. The predicted molar refractivity (Wildman–Crippen MR) is 149 cm³/mol. The summed E-state index contributed by atoms with van der Waals surface area (Å²) in [6.45, 7) is 1.15. The Hall–Kier alpha value is -2.42. The molecule has 0 heterocycles. The second-order valence-electron chi connectivity index (χ2n) is 9.42. The van der Waals surface area contributed by atoms with Gasteiger partial charge in [0.05, 0.1) is 7.11 Å². The molecule has 1 saturated carbocycles. The number of nitrogens with two attached hydrogens (primary N) is 1. The smallest absolute Gasteiger partial charge is 0.274 e. The van der Waals surface area contributed by atoms with E-state index in [4.69, 9.17) is 9.88 Å². The van der Waals surface area contributed by atoms with Crippen LogP contribution >= 0.6 is 12.4 Å². The number of rotatable bonds is 10. The molecule has 8 heteroatoms. The lowest BCUT2D eigenvalue weighted by atomic mass is 9.66. The molecular weight excluding hydrogens is 494 g/mol. The highest BCUT2D eigenvalue weighted by atomic mass is 35.5. The minimum atomic E-state index is -3.70. The van der Waals surface area contributed by atoms with Crippen LogP contribution in [-0.2, 0) is 22.2 Å². The van der Waals surface area contributed by atoms with Crippen LogP contribution in [0.2, 0.25) is 0 Å². The highest BCUT2D eigenvalue weighted by Gasteiger charge is 2.36. The second-order valence-corrected chi connectivity index (χ2v) is 10.8. The van der Waals surface area contributed by atoms with Gasteiger partial charge in [0.2, 0.25) is 0 Å². The van der Waals surface area contributed by atoms with Gasteiger partial charge in [0.1, 0.15) is 5.75 Å². The van der Waals surface area contributed by atoms with Crippen molar-refractivity contribution in [1.29, 1.82) is 0 Å². The van der Waals surface area contributed by atoms with E-state index in [-0.39, 0.29) is 17.8 Å². The van der Waals surface area contributed by atoms with E-state index in [1.165, 1.54) is 22.3 Å². The van der Waals surface area contributed by atoms with Gasteiger partial charge >= 0.3 is 0 Å². The first-order valence-corrected chi connectivity index (χ1v) is 13.7. The van der Waals surface area contributed by atoms with E-state index in [1.807, 2.05) is 18.2 Å². The summed E-state index contributed by atoms with van der Waals surface area (Å²) in [5.41, 5.74) is 4.81. The zero-order valence-electron chi connectivity index (χ0n) is 20.7. The van der Waals surface area contributed by atoms with Crippen molar-refractivity contribution in [3.63, 3.8) is 0 Å². The quantitative estimate of drug-likeness (QED) is 0.347. The molecule has 3 aromatic carbocycles. The summed E-state index contributed by atoms with van der Waals surface area (Å²) in [5, 5.41) is 8.90. The second kappa shape index (κ2) is 12.7. The Bertz CT molecular complexity index is 1200. The molecule has 1 fully saturated rings. The molecular formula is C28H36ClN3O3S. The molecule has 0 unspecified atom stereocenters. The van der Waals surface area contributed by atoms with E-state index in [0.717, 1.165) is 38.0 Å². The van der Waals surface area contributed by atoms with Gasteiger partial charge in [-0.15, -0.1) is 12.4 Å². The number of benzene rings is 3. The standard InChI is InChI=1S/C28H35N3O3S.ClH/c1-34-27-9-5-8-25(20-27)28(18-19-31-35(29,32)33)16-14-26(15-17-28)30-21-22-10-12-24(13-11-22)23-6-3-2-4-7-23;/h2-13,20,26,30-31H,14-19,21H2,1H3,(H2,29,32,33);1H/t26-,28+;.